The molecule has 1 spiro atoms. The molecule has 25 heavy (non-hydrogen) atoms. The Morgan fingerprint density at radius 3 is 2.88 bits per heavy atom. The molecule has 1 saturated carbocycles. The summed E-state index contributed by atoms with van der Waals surface area (Å²) in [7, 11) is 0. The van der Waals surface area contributed by atoms with Crippen molar-refractivity contribution in [2.75, 3.05) is 26.2 Å². The van der Waals surface area contributed by atoms with Gasteiger partial charge in [-0.3, -0.25) is 14.4 Å². The van der Waals surface area contributed by atoms with E-state index in [1.54, 1.807) is 4.90 Å². The molecule has 4 rings (SSSR count). The van der Waals surface area contributed by atoms with E-state index in [2.05, 4.69) is 9.97 Å². The van der Waals surface area contributed by atoms with E-state index < -0.39 is 5.56 Å². The lowest BCUT2D eigenvalue weighted by atomic mass is 9.73. The molecular formula is C18H24N4O3. The van der Waals surface area contributed by atoms with Crippen LogP contribution in [0.4, 0.5) is 0 Å². The summed E-state index contributed by atoms with van der Waals surface area (Å²) in [4.78, 5) is 47.1. The van der Waals surface area contributed by atoms with Gasteiger partial charge in [0.25, 0.3) is 11.5 Å². The maximum Gasteiger partial charge on any atom is 0.263 e. The van der Waals surface area contributed by atoms with E-state index in [-0.39, 0.29) is 22.8 Å². The fourth-order valence-corrected chi connectivity index (χ4v) is 4.26. The van der Waals surface area contributed by atoms with Crippen LogP contribution in [-0.4, -0.2) is 57.8 Å². The Hall–Kier alpha value is -2.18. The van der Waals surface area contributed by atoms with Crippen molar-refractivity contribution in [3.63, 3.8) is 0 Å². The van der Waals surface area contributed by atoms with E-state index >= 15 is 0 Å². The number of carbonyl (C=O) groups excluding carboxylic acids is 2. The van der Waals surface area contributed by atoms with Crippen LogP contribution in [-0.2, 0) is 4.79 Å². The standard InChI is InChI=1S/C18H24N4O3/c23-15-4-6-18(11-22(15)9-13-2-3-13)5-1-7-21(10-18)17(25)14-8-19-12-20-16(14)24/h8,12-13H,1-7,9-11H2,(H,19,20,24). The Morgan fingerprint density at radius 1 is 1.28 bits per heavy atom. The second-order valence-corrected chi connectivity index (χ2v) is 7.84. The summed E-state index contributed by atoms with van der Waals surface area (Å²) in [5.41, 5.74) is -0.318. The highest BCUT2D eigenvalue weighted by Crippen LogP contribution is 2.40. The second-order valence-electron chi connectivity index (χ2n) is 7.84. The van der Waals surface area contributed by atoms with Gasteiger partial charge in [0.05, 0.1) is 6.33 Å². The van der Waals surface area contributed by atoms with Crippen LogP contribution in [0.15, 0.2) is 17.3 Å². The smallest absolute Gasteiger partial charge is 0.263 e. The molecule has 0 radical (unpaired) electrons. The molecule has 2 amide bonds. The van der Waals surface area contributed by atoms with E-state index in [1.165, 1.54) is 25.4 Å². The van der Waals surface area contributed by atoms with Gasteiger partial charge in [-0.15, -0.1) is 0 Å². The number of H-pyrrole nitrogens is 1. The Bertz CT molecular complexity index is 742. The molecule has 1 atom stereocenters. The van der Waals surface area contributed by atoms with Gasteiger partial charge in [-0.25, -0.2) is 4.98 Å². The minimum Gasteiger partial charge on any atom is -0.342 e. The lowest BCUT2D eigenvalue weighted by Crippen LogP contribution is -2.55. The van der Waals surface area contributed by atoms with Crippen LogP contribution in [0.1, 0.15) is 48.9 Å². The van der Waals surface area contributed by atoms with Gasteiger partial charge in [-0.05, 0) is 38.0 Å². The summed E-state index contributed by atoms with van der Waals surface area (Å²) in [6, 6.07) is 0. The number of likely N-dealkylation sites (tertiary alicyclic amines) is 2. The number of hydrogen-bond donors (Lipinski definition) is 1. The van der Waals surface area contributed by atoms with Gasteiger partial charge in [0, 0.05) is 44.2 Å². The fourth-order valence-electron chi connectivity index (χ4n) is 4.26. The molecule has 0 bridgehead atoms. The lowest BCUT2D eigenvalue weighted by Gasteiger charge is -2.48. The van der Waals surface area contributed by atoms with Crippen molar-refractivity contribution in [2.24, 2.45) is 11.3 Å². The monoisotopic (exact) mass is 344 g/mol. The fraction of sp³-hybridized carbons (Fsp3) is 0.667. The van der Waals surface area contributed by atoms with Crippen molar-refractivity contribution in [1.29, 1.82) is 0 Å². The summed E-state index contributed by atoms with van der Waals surface area (Å²) in [5, 5.41) is 0. The van der Waals surface area contributed by atoms with Gasteiger partial charge in [0.15, 0.2) is 0 Å². The van der Waals surface area contributed by atoms with E-state index in [9.17, 15) is 14.4 Å². The third-order valence-electron chi connectivity index (χ3n) is 5.82. The largest absolute Gasteiger partial charge is 0.342 e. The van der Waals surface area contributed by atoms with E-state index in [0.29, 0.717) is 25.4 Å². The molecule has 1 aliphatic carbocycles. The van der Waals surface area contributed by atoms with Crippen LogP contribution in [0.5, 0.6) is 0 Å². The summed E-state index contributed by atoms with van der Waals surface area (Å²) in [6.07, 6.45) is 8.44. The number of nitrogens with zero attached hydrogens (tertiary/aromatic N) is 3. The maximum atomic E-state index is 12.8. The van der Waals surface area contributed by atoms with Crippen LogP contribution in [0.25, 0.3) is 0 Å². The zero-order valence-corrected chi connectivity index (χ0v) is 14.4. The summed E-state index contributed by atoms with van der Waals surface area (Å²) < 4.78 is 0. The van der Waals surface area contributed by atoms with Crippen molar-refractivity contribution in [1.82, 2.24) is 19.8 Å². The van der Waals surface area contributed by atoms with Gasteiger partial charge in [0.2, 0.25) is 5.91 Å². The lowest BCUT2D eigenvalue weighted by molar-refractivity contribution is -0.139. The molecule has 3 aliphatic rings. The molecule has 3 fully saturated rings. The van der Waals surface area contributed by atoms with Crippen molar-refractivity contribution in [3.8, 4) is 0 Å². The number of hydrogen-bond acceptors (Lipinski definition) is 4. The van der Waals surface area contributed by atoms with Crippen molar-refractivity contribution < 1.29 is 9.59 Å². The first-order valence-electron chi connectivity index (χ1n) is 9.16. The van der Waals surface area contributed by atoms with E-state index in [0.717, 1.165) is 32.4 Å². The molecule has 1 aromatic rings. The predicted molar refractivity (Wildman–Crippen MR) is 91.0 cm³/mol. The molecular weight excluding hydrogens is 320 g/mol. The van der Waals surface area contributed by atoms with Crippen LogP contribution < -0.4 is 5.56 Å². The molecule has 1 N–H and O–H groups in total. The topological polar surface area (TPSA) is 86.4 Å². The molecule has 0 aromatic carbocycles. The van der Waals surface area contributed by atoms with E-state index in [4.69, 9.17) is 0 Å². The first-order valence-corrected chi connectivity index (χ1v) is 9.16. The van der Waals surface area contributed by atoms with Crippen LogP contribution in [0.2, 0.25) is 0 Å². The van der Waals surface area contributed by atoms with Gasteiger partial charge in [-0.2, -0.15) is 0 Å². The highest BCUT2D eigenvalue weighted by Gasteiger charge is 2.44. The Morgan fingerprint density at radius 2 is 2.12 bits per heavy atom. The molecule has 1 aromatic heterocycles. The first-order chi connectivity index (χ1) is 12.1. The van der Waals surface area contributed by atoms with Gasteiger partial charge < -0.3 is 14.8 Å². The van der Waals surface area contributed by atoms with Crippen molar-refractivity contribution >= 4 is 11.8 Å². The number of amides is 2. The van der Waals surface area contributed by atoms with Crippen LogP contribution in [0.3, 0.4) is 0 Å². The second kappa shape index (κ2) is 6.28. The Labute approximate surface area is 146 Å². The summed E-state index contributed by atoms with van der Waals surface area (Å²) in [5.74, 6) is 0.679. The third kappa shape index (κ3) is 3.32. The number of aromatic nitrogens is 2. The van der Waals surface area contributed by atoms with Crippen LogP contribution in [0, 0.1) is 11.3 Å². The molecule has 7 heteroatoms. The van der Waals surface area contributed by atoms with Crippen LogP contribution >= 0.6 is 0 Å². The zero-order chi connectivity index (χ0) is 17.4. The van der Waals surface area contributed by atoms with Gasteiger partial charge in [-0.1, -0.05) is 0 Å². The molecule has 134 valence electrons. The zero-order valence-electron chi connectivity index (χ0n) is 14.4. The molecule has 7 nitrogen and oxygen atoms in total. The van der Waals surface area contributed by atoms with Gasteiger partial charge >= 0.3 is 0 Å². The highest BCUT2D eigenvalue weighted by molar-refractivity contribution is 5.93. The molecule has 2 saturated heterocycles. The normalized spacial score (nSPS) is 27.0. The van der Waals surface area contributed by atoms with E-state index in [1.807, 2.05) is 4.90 Å². The number of aromatic amines is 1. The Balaban J connectivity index is 1.50. The minimum absolute atomic E-state index is 0.0221. The Kier molecular flexibility index (Phi) is 4.09. The van der Waals surface area contributed by atoms with Gasteiger partial charge in [0.1, 0.15) is 5.56 Å². The number of rotatable bonds is 3. The number of nitrogens with one attached hydrogen (secondary N) is 1. The first kappa shape index (κ1) is 16.3. The average molecular weight is 344 g/mol. The number of carbonyl (C=O) groups is 2. The van der Waals surface area contributed by atoms with Crippen molar-refractivity contribution in [3.05, 3.63) is 28.4 Å². The summed E-state index contributed by atoms with van der Waals surface area (Å²) >= 11 is 0. The SMILES string of the molecule is O=C1CCC2(CCCN(C(=O)c3cnc[nH]c3=O)C2)CN1CC1CC1. The highest BCUT2D eigenvalue weighted by atomic mass is 16.2. The number of piperidine rings is 2. The molecule has 1 unspecified atom stereocenters. The average Bonchev–Trinajstić information content (AvgIpc) is 3.42. The molecule has 3 heterocycles. The summed E-state index contributed by atoms with van der Waals surface area (Å²) in [6.45, 7) is 2.90. The molecule has 2 aliphatic heterocycles. The minimum atomic E-state index is -0.395. The predicted octanol–water partition coefficient (Wildman–Crippen LogP) is 1.02. The third-order valence-corrected chi connectivity index (χ3v) is 5.82. The maximum absolute atomic E-state index is 12.8. The quantitative estimate of drug-likeness (QED) is 0.887. The van der Waals surface area contributed by atoms with Crippen molar-refractivity contribution in [2.45, 2.75) is 38.5 Å².